The molecule has 0 aliphatic rings. The number of pyridine rings is 1. The summed E-state index contributed by atoms with van der Waals surface area (Å²) >= 11 is 0. The molecule has 0 aliphatic heterocycles. The van der Waals surface area contributed by atoms with E-state index in [1.807, 2.05) is 51.1 Å². The van der Waals surface area contributed by atoms with Crippen molar-refractivity contribution in [2.24, 2.45) is 5.73 Å². The third-order valence-corrected chi connectivity index (χ3v) is 3.46. The molecule has 2 rings (SSSR count). The van der Waals surface area contributed by atoms with Gasteiger partial charge in [-0.05, 0) is 44.5 Å². The van der Waals surface area contributed by atoms with Gasteiger partial charge in [0.15, 0.2) is 0 Å². The van der Waals surface area contributed by atoms with Crippen molar-refractivity contribution in [2.75, 3.05) is 6.61 Å². The summed E-state index contributed by atoms with van der Waals surface area (Å²) in [6.45, 7) is 6.78. The van der Waals surface area contributed by atoms with Crippen LogP contribution >= 0.6 is 0 Å². The topological polar surface area (TPSA) is 57.2 Å². The Labute approximate surface area is 125 Å². The fourth-order valence-corrected chi connectivity index (χ4v) is 2.27. The predicted octanol–water partition coefficient (Wildman–Crippen LogP) is 2.62. The van der Waals surface area contributed by atoms with Crippen molar-refractivity contribution in [3.63, 3.8) is 0 Å². The lowest BCUT2D eigenvalue weighted by Gasteiger charge is -2.15. The number of nitrogens with two attached hydrogens (primary N) is 1. The Morgan fingerprint density at radius 3 is 2.76 bits per heavy atom. The highest BCUT2D eigenvalue weighted by Crippen LogP contribution is 2.23. The first kappa shape index (κ1) is 15.3. The second-order valence-electron chi connectivity index (χ2n) is 5.21. The molecule has 0 saturated carbocycles. The average molecular weight is 286 g/mol. The van der Waals surface area contributed by atoms with Crippen LogP contribution in [0.4, 0.5) is 0 Å². The highest BCUT2D eigenvalue weighted by Gasteiger charge is 2.09. The van der Waals surface area contributed by atoms with E-state index in [1.54, 1.807) is 10.8 Å². The lowest BCUT2D eigenvalue weighted by molar-refractivity contribution is 0.335. The van der Waals surface area contributed by atoms with E-state index in [0.717, 1.165) is 22.4 Å². The second kappa shape index (κ2) is 6.59. The molecular weight excluding hydrogens is 264 g/mol. The number of nitrogens with zero attached hydrogens (tertiary/aromatic N) is 1. The highest BCUT2D eigenvalue weighted by atomic mass is 16.5. The Kier molecular flexibility index (Phi) is 4.81. The predicted molar refractivity (Wildman–Crippen MR) is 84.8 cm³/mol. The van der Waals surface area contributed by atoms with Crippen molar-refractivity contribution in [3.05, 3.63) is 63.6 Å². The minimum Gasteiger partial charge on any atom is -0.494 e. The smallest absolute Gasteiger partial charge is 0.253 e. The molecule has 21 heavy (non-hydrogen) atoms. The van der Waals surface area contributed by atoms with Crippen LogP contribution in [0.2, 0.25) is 0 Å². The van der Waals surface area contributed by atoms with Crippen LogP contribution in [0.5, 0.6) is 5.75 Å². The van der Waals surface area contributed by atoms with Gasteiger partial charge in [-0.25, -0.2) is 0 Å². The molecule has 0 amide bonds. The van der Waals surface area contributed by atoms with Crippen LogP contribution in [0.25, 0.3) is 0 Å². The fraction of sp³-hybridized carbons (Fsp3) is 0.353. The van der Waals surface area contributed by atoms with Crippen LogP contribution < -0.4 is 16.0 Å². The molecule has 0 bridgehead atoms. The molecule has 0 radical (unpaired) electrons. The van der Waals surface area contributed by atoms with Gasteiger partial charge in [0.1, 0.15) is 5.75 Å². The van der Waals surface area contributed by atoms with Crippen LogP contribution in [0.1, 0.15) is 36.6 Å². The summed E-state index contributed by atoms with van der Waals surface area (Å²) in [5.41, 5.74) is 8.71. The Morgan fingerprint density at radius 2 is 2.10 bits per heavy atom. The lowest BCUT2D eigenvalue weighted by atomic mass is 10.0. The molecule has 2 aromatic rings. The normalized spacial score (nSPS) is 12.2. The van der Waals surface area contributed by atoms with E-state index in [2.05, 4.69) is 0 Å². The maximum atomic E-state index is 12.2. The molecular formula is C17H22N2O2. The maximum Gasteiger partial charge on any atom is 0.253 e. The highest BCUT2D eigenvalue weighted by molar-refractivity contribution is 5.38. The number of rotatable bonds is 5. The standard InChI is InChI=1S/C17H22N2O2/c1-4-21-16-8-7-14(13(3)18)10-15(16)11-19-9-5-6-12(2)17(19)20/h5-10,13H,4,11,18H2,1-3H3. The Hall–Kier alpha value is -2.07. The van der Waals surface area contributed by atoms with Crippen LogP contribution in [-0.2, 0) is 6.54 Å². The zero-order valence-corrected chi connectivity index (χ0v) is 12.8. The summed E-state index contributed by atoms with van der Waals surface area (Å²) in [6, 6.07) is 9.57. The van der Waals surface area contributed by atoms with Crippen molar-refractivity contribution in [1.29, 1.82) is 0 Å². The van der Waals surface area contributed by atoms with Gasteiger partial charge < -0.3 is 15.0 Å². The van der Waals surface area contributed by atoms with E-state index < -0.39 is 0 Å². The van der Waals surface area contributed by atoms with Crippen molar-refractivity contribution < 1.29 is 4.74 Å². The van der Waals surface area contributed by atoms with E-state index in [9.17, 15) is 4.79 Å². The summed E-state index contributed by atoms with van der Waals surface area (Å²) in [6.07, 6.45) is 1.80. The van der Waals surface area contributed by atoms with E-state index in [4.69, 9.17) is 10.5 Å². The number of aryl methyl sites for hydroxylation is 1. The lowest BCUT2D eigenvalue weighted by Crippen LogP contribution is -2.22. The second-order valence-corrected chi connectivity index (χ2v) is 5.21. The van der Waals surface area contributed by atoms with Crippen LogP contribution in [0.15, 0.2) is 41.3 Å². The van der Waals surface area contributed by atoms with Crippen LogP contribution in [-0.4, -0.2) is 11.2 Å². The third kappa shape index (κ3) is 3.52. The van der Waals surface area contributed by atoms with Gasteiger partial charge in [-0.1, -0.05) is 12.1 Å². The molecule has 4 nitrogen and oxygen atoms in total. The van der Waals surface area contributed by atoms with E-state index >= 15 is 0 Å². The number of aromatic nitrogens is 1. The third-order valence-electron chi connectivity index (χ3n) is 3.46. The average Bonchev–Trinajstić information content (AvgIpc) is 2.45. The molecule has 112 valence electrons. The molecule has 1 heterocycles. The first-order chi connectivity index (χ1) is 10.0. The fourth-order valence-electron chi connectivity index (χ4n) is 2.27. The van der Waals surface area contributed by atoms with Gasteiger partial charge in [0.05, 0.1) is 13.2 Å². The Bertz CT molecular complexity index is 675. The molecule has 4 heteroatoms. The largest absolute Gasteiger partial charge is 0.494 e. The monoisotopic (exact) mass is 286 g/mol. The molecule has 1 aromatic heterocycles. The summed E-state index contributed by atoms with van der Waals surface area (Å²) in [7, 11) is 0. The summed E-state index contributed by atoms with van der Waals surface area (Å²) in [4.78, 5) is 12.2. The van der Waals surface area contributed by atoms with Crippen molar-refractivity contribution in [1.82, 2.24) is 4.57 Å². The van der Waals surface area contributed by atoms with E-state index in [-0.39, 0.29) is 11.6 Å². The SMILES string of the molecule is CCOc1ccc(C(C)N)cc1Cn1cccc(C)c1=O. The summed E-state index contributed by atoms with van der Waals surface area (Å²) in [5.74, 6) is 0.801. The van der Waals surface area contributed by atoms with Gasteiger partial charge in [-0.15, -0.1) is 0 Å². The maximum absolute atomic E-state index is 12.2. The van der Waals surface area contributed by atoms with Gasteiger partial charge in [0, 0.05) is 23.4 Å². The molecule has 1 atom stereocenters. The molecule has 0 aliphatic carbocycles. The minimum atomic E-state index is -0.0475. The molecule has 2 N–H and O–H groups in total. The van der Waals surface area contributed by atoms with E-state index in [0.29, 0.717) is 13.2 Å². The summed E-state index contributed by atoms with van der Waals surface area (Å²) in [5, 5.41) is 0. The number of hydrogen-bond donors (Lipinski definition) is 1. The van der Waals surface area contributed by atoms with Crippen LogP contribution in [0.3, 0.4) is 0 Å². The van der Waals surface area contributed by atoms with Gasteiger partial charge in [-0.3, -0.25) is 4.79 Å². The van der Waals surface area contributed by atoms with E-state index in [1.165, 1.54) is 0 Å². The van der Waals surface area contributed by atoms with Crippen molar-refractivity contribution in [3.8, 4) is 5.75 Å². The van der Waals surface area contributed by atoms with Gasteiger partial charge in [-0.2, -0.15) is 0 Å². The Morgan fingerprint density at radius 1 is 1.33 bits per heavy atom. The van der Waals surface area contributed by atoms with Crippen molar-refractivity contribution >= 4 is 0 Å². The van der Waals surface area contributed by atoms with Crippen LogP contribution in [0, 0.1) is 6.92 Å². The molecule has 1 aromatic carbocycles. The molecule has 0 spiro atoms. The minimum absolute atomic E-state index is 0.0196. The quantitative estimate of drug-likeness (QED) is 0.919. The summed E-state index contributed by atoms with van der Waals surface area (Å²) < 4.78 is 7.35. The number of benzene rings is 1. The molecule has 1 unspecified atom stereocenters. The Balaban J connectivity index is 2.43. The zero-order chi connectivity index (χ0) is 15.4. The first-order valence-electron chi connectivity index (χ1n) is 7.20. The number of hydrogen-bond acceptors (Lipinski definition) is 3. The zero-order valence-electron chi connectivity index (χ0n) is 12.8. The van der Waals surface area contributed by atoms with Gasteiger partial charge in [0.25, 0.3) is 5.56 Å². The van der Waals surface area contributed by atoms with Crippen molar-refractivity contribution in [2.45, 2.75) is 33.4 Å². The first-order valence-corrected chi connectivity index (χ1v) is 7.20. The van der Waals surface area contributed by atoms with Gasteiger partial charge in [0.2, 0.25) is 0 Å². The van der Waals surface area contributed by atoms with Gasteiger partial charge >= 0.3 is 0 Å². The number of ether oxygens (including phenoxy) is 1. The molecule has 0 fully saturated rings. The molecule has 0 saturated heterocycles.